The van der Waals surface area contributed by atoms with Gasteiger partial charge in [-0.25, -0.2) is 0 Å². The van der Waals surface area contributed by atoms with E-state index in [9.17, 15) is 9.59 Å². The van der Waals surface area contributed by atoms with Gasteiger partial charge in [0.05, 0.1) is 13.2 Å². The molecule has 0 aliphatic carbocycles. The molecule has 1 aliphatic rings. The van der Waals surface area contributed by atoms with Crippen molar-refractivity contribution >= 4 is 11.7 Å². The molecule has 0 atom stereocenters. The normalized spacial score (nSPS) is 14.5. The standard InChI is InChI=1S/C25H31NO4/c1-5-29-22-10-8-20(16-23(22)30-6-2)25(28)26-13-11-19(12-14-26)24(27)21-9-7-17(3)15-18(21)4/h7-10,15-16,19H,5-6,11-14H2,1-4H3. The maximum absolute atomic E-state index is 13.0. The number of hydrogen-bond acceptors (Lipinski definition) is 4. The van der Waals surface area contributed by atoms with E-state index in [2.05, 4.69) is 0 Å². The van der Waals surface area contributed by atoms with Gasteiger partial charge in [-0.15, -0.1) is 0 Å². The van der Waals surface area contributed by atoms with Crippen molar-refractivity contribution < 1.29 is 19.1 Å². The Morgan fingerprint density at radius 1 is 0.933 bits per heavy atom. The number of nitrogens with zero attached hydrogens (tertiary/aromatic N) is 1. The smallest absolute Gasteiger partial charge is 0.253 e. The van der Waals surface area contributed by atoms with Crippen LogP contribution in [-0.4, -0.2) is 42.9 Å². The van der Waals surface area contributed by atoms with Gasteiger partial charge in [0.1, 0.15) is 0 Å². The van der Waals surface area contributed by atoms with Gasteiger partial charge in [-0.05, 0) is 64.3 Å². The summed E-state index contributed by atoms with van der Waals surface area (Å²) in [7, 11) is 0. The number of carbonyl (C=O) groups excluding carboxylic acids is 2. The predicted molar refractivity (Wildman–Crippen MR) is 118 cm³/mol. The van der Waals surface area contributed by atoms with Crippen LogP contribution in [0.2, 0.25) is 0 Å². The molecule has 0 saturated carbocycles. The molecular weight excluding hydrogens is 378 g/mol. The number of amides is 1. The molecule has 0 unspecified atom stereocenters. The summed E-state index contributed by atoms with van der Waals surface area (Å²) >= 11 is 0. The summed E-state index contributed by atoms with van der Waals surface area (Å²) in [5.74, 6) is 1.37. The van der Waals surface area contributed by atoms with Gasteiger partial charge in [0.2, 0.25) is 0 Å². The zero-order chi connectivity index (χ0) is 21.7. The van der Waals surface area contributed by atoms with Crippen molar-refractivity contribution in [3.63, 3.8) is 0 Å². The van der Waals surface area contributed by atoms with Crippen molar-refractivity contribution in [2.24, 2.45) is 5.92 Å². The molecule has 3 rings (SSSR count). The van der Waals surface area contributed by atoms with Crippen LogP contribution in [0.25, 0.3) is 0 Å². The van der Waals surface area contributed by atoms with Crippen LogP contribution in [0.4, 0.5) is 0 Å². The maximum atomic E-state index is 13.0. The molecule has 1 saturated heterocycles. The Labute approximate surface area is 179 Å². The number of carbonyl (C=O) groups is 2. The third-order valence-corrected chi connectivity index (χ3v) is 5.59. The Morgan fingerprint density at radius 3 is 2.23 bits per heavy atom. The first-order valence-corrected chi connectivity index (χ1v) is 10.7. The van der Waals surface area contributed by atoms with Crippen LogP contribution in [0.15, 0.2) is 36.4 Å². The van der Waals surface area contributed by atoms with Crippen molar-refractivity contribution in [3.05, 3.63) is 58.7 Å². The fraction of sp³-hybridized carbons (Fsp3) is 0.440. The number of benzene rings is 2. The highest BCUT2D eigenvalue weighted by Gasteiger charge is 2.29. The number of ketones is 1. The van der Waals surface area contributed by atoms with Gasteiger partial charge in [-0.1, -0.05) is 23.8 Å². The van der Waals surface area contributed by atoms with Crippen LogP contribution in [0.5, 0.6) is 11.5 Å². The van der Waals surface area contributed by atoms with Gasteiger partial charge in [0.15, 0.2) is 17.3 Å². The number of aryl methyl sites for hydroxylation is 2. The predicted octanol–water partition coefficient (Wildman–Crippen LogP) is 4.84. The van der Waals surface area contributed by atoms with E-state index in [1.807, 2.05) is 50.8 Å². The van der Waals surface area contributed by atoms with E-state index in [0.29, 0.717) is 56.2 Å². The largest absolute Gasteiger partial charge is 0.490 e. The van der Waals surface area contributed by atoms with Crippen molar-refractivity contribution in [3.8, 4) is 11.5 Å². The summed E-state index contributed by atoms with van der Waals surface area (Å²) in [5.41, 5.74) is 3.57. The molecule has 1 aliphatic heterocycles. The van der Waals surface area contributed by atoms with Gasteiger partial charge >= 0.3 is 0 Å². The summed E-state index contributed by atoms with van der Waals surface area (Å²) in [6.07, 6.45) is 1.38. The Bertz CT molecular complexity index is 913. The molecule has 5 heteroatoms. The minimum absolute atomic E-state index is 0.0311. The fourth-order valence-corrected chi connectivity index (χ4v) is 4.02. The summed E-state index contributed by atoms with van der Waals surface area (Å²) in [6.45, 7) is 10.0. The molecule has 5 nitrogen and oxygen atoms in total. The Kier molecular flexibility index (Phi) is 7.14. The van der Waals surface area contributed by atoms with Crippen molar-refractivity contribution in [2.75, 3.05) is 26.3 Å². The van der Waals surface area contributed by atoms with E-state index >= 15 is 0 Å². The molecule has 160 valence electrons. The lowest BCUT2D eigenvalue weighted by atomic mass is 9.87. The van der Waals surface area contributed by atoms with E-state index < -0.39 is 0 Å². The molecule has 2 aromatic carbocycles. The first-order chi connectivity index (χ1) is 14.4. The van der Waals surface area contributed by atoms with E-state index in [4.69, 9.17) is 9.47 Å². The number of piperidine rings is 1. The summed E-state index contributed by atoms with van der Waals surface area (Å²) in [6, 6.07) is 11.3. The minimum atomic E-state index is -0.0326. The quantitative estimate of drug-likeness (QED) is 0.614. The Morgan fingerprint density at radius 2 is 1.60 bits per heavy atom. The van der Waals surface area contributed by atoms with Crippen LogP contribution in [0, 0.1) is 19.8 Å². The third-order valence-electron chi connectivity index (χ3n) is 5.59. The fourth-order valence-electron chi connectivity index (χ4n) is 4.02. The lowest BCUT2D eigenvalue weighted by molar-refractivity contribution is 0.0649. The zero-order valence-corrected chi connectivity index (χ0v) is 18.4. The van der Waals surface area contributed by atoms with Crippen LogP contribution < -0.4 is 9.47 Å². The lowest BCUT2D eigenvalue weighted by Crippen LogP contribution is -2.40. The molecule has 0 aromatic heterocycles. The highest BCUT2D eigenvalue weighted by Crippen LogP contribution is 2.30. The van der Waals surface area contributed by atoms with Crippen LogP contribution in [0.3, 0.4) is 0 Å². The first-order valence-electron chi connectivity index (χ1n) is 10.7. The number of rotatable bonds is 7. The zero-order valence-electron chi connectivity index (χ0n) is 18.4. The number of ether oxygens (including phenoxy) is 2. The summed E-state index contributed by atoms with van der Waals surface area (Å²) in [5, 5.41) is 0. The van der Waals surface area contributed by atoms with Crippen molar-refractivity contribution in [1.82, 2.24) is 4.90 Å². The molecule has 0 spiro atoms. The second kappa shape index (κ2) is 9.79. The first kappa shape index (κ1) is 21.9. The molecule has 2 aromatic rings. The van der Waals surface area contributed by atoms with Gasteiger partial charge in [-0.2, -0.15) is 0 Å². The van der Waals surface area contributed by atoms with Crippen LogP contribution >= 0.6 is 0 Å². The van der Waals surface area contributed by atoms with Gasteiger partial charge in [0, 0.05) is 30.1 Å². The Balaban J connectivity index is 1.66. The van der Waals surface area contributed by atoms with Crippen LogP contribution in [-0.2, 0) is 0 Å². The molecular formula is C25H31NO4. The number of likely N-dealkylation sites (tertiary alicyclic amines) is 1. The highest BCUT2D eigenvalue weighted by atomic mass is 16.5. The van der Waals surface area contributed by atoms with Crippen molar-refractivity contribution in [1.29, 1.82) is 0 Å². The van der Waals surface area contributed by atoms with Crippen LogP contribution in [0.1, 0.15) is 58.5 Å². The summed E-state index contributed by atoms with van der Waals surface area (Å²) < 4.78 is 11.2. The van der Waals surface area contributed by atoms with E-state index in [1.165, 1.54) is 0 Å². The molecule has 1 amide bonds. The number of Topliss-reactive ketones (excluding diaryl/α,β-unsaturated/α-hetero) is 1. The Hall–Kier alpha value is -2.82. The third kappa shape index (κ3) is 4.84. The van der Waals surface area contributed by atoms with Gasteiger partial charge in [-0.3, -0.25) is 9.59 Å². The topological polar surface area (TPSA) is 55.8 Å². The van der Waals surface area contributed by atoms with Gasteiger partial charge in [0.25, 0.3) is 5.91 Å². The summed E-state index contributed by atoms with van der Waals surface area (Å²) in [4.78, 5) is 27.8. The second-order valence-electron chi connectivity index (χ2n) is 7.78. The average Bonchev–Trinajstić information content (AvgIpc) is 2.74. The SMILES string of the molecule is CCOc1ccc(C(=O)N2CCC(C(=O)c3ccc(C)cc3C)CC2)cc1OCC. The van der Waals surface area contributed by atoms with Crippen molar-refractivity contribution in [2.45, 2.75) is 40.5 Å². The average molecular weight is 410 g/mol. The van der Waals surface area contributed by atoms with E-state index in [1.54, 1.807) is 18.2 Å². The second-order valence-corrected chi connectivity index (χ2v) is 7.78. The maximum Gasteiger partial charge on any atom is 0.253 e. The molecule has 1 fully saturated rings. The molecule has 0 radical (unpaired) electrons. The molecule has 30 heavy (non-hydrogen) atoms. The lowest BCUT2D eigenvalue weighted by Gasteiger charge is -2.31. The van der Waals surface area contributed by atoms with Gasteiger partial charge < -0.3 is 14.4 Å². The van der Waals surface area contributed by atoms with E-state index in [0.717, 1.165) is 16.7 Å². The minimum Gasteiger partial charge on any atom is -0.490 e. The number of hydrogen-bond donors (Lipinski definition) is 0. The molecule has 1 heterocycles. The molecule has 0 N–H and O–H groups in total. The highest BCUT2D eigenvalue weighted by molar-refractivity contribution is 5.99. The van der Waals surface area contributed by atoms with E-state index in [-0.39, 0.29) is 17.6 Å². The monoisotopic (exact) mass is 409 g/mol. The molecule has 0 bridgehead atoms.